The Morgan fingerprint density at radius 1 is 1.37 bits per heavy atom. The van der Waals surface area contributed by atoms with Crippen LogP contribution in [-0.2, 0) is 0 Å². The van der Waals surface area contributed by atoms with Crippen molar-refractivity contribution in [3.05, 3.63) is 48.5 Å². The zero-order valence-corrected chi connectivity index (χ0v) is 13.9. The molecule has 1 heterocycles. The lowest BCUT2D eigenvalue weighted by atomic mass is 10.1. The minimum absolute atomic E-state index is 0.431. The van der Waals surface area contributed by atoms with Crippen molar-refractivity contribution in [1.29, 1.82) is 0 Å². The van der Waals surface area contributed by atoms with E-state index in [-0.39, 0.29) is 0 Å². The first-order valence-corrected chi connectivity index (χ1v) is 8.00. The number of aliphatic hydroxyl groups is 1. The lowest BCUT2D eigenvalue weighted by Crippen LogP contribution is -2.01. The van der Waals surface area contributed by atoms with Crippen molar-refractivity contribution in [1.82, 2.24) is 0 Å². The number of rotatable bonds is 4. The van der Waals surface area contributed by atoms with Crippen LogP contribution < -0.4 is 4.74 Å². The van der Waals surface area contributed by atoms with Crippen molar-refractivity contribution in [2.45, 2.75) is 13.0 Å². The van der Waals surface area contributed by atoms with Crippen LogP contribution in [0.25, 0.3) is 0 Å². The highest BCUT2D eigenvalue weighted by Crippen LogP contribution is 2.39. The van der Waals surface area contributed by atoms with Crippen LogP contribution in [-0.4, -0.2) is 11.7 Å². The third-order valence-electron chi connectivity index (χ3n) is 2.54. The monoisotopic (exact) mass is 380 g/mol. The number of benzene rings is 1. The third-order valence-corrected chi connectivity index (χ3v) is 5.08. The van der Waals surface area contributed by atoms with E-state index in [0.717, 1.165) is 9.35 Å². The predicted molar refractivity (Wildman–Crippen MR) is 83.7 cm³/mol. The number of thiophene rings is 1. The van der Waals surface area contributed by atoms with E-state index in [1.165, 1.54) is 11.3 Å². The Labute approximate surface area is 134 Å². The van der Waals surface area contributed by atoms with Gasteiger partial charge in [0.05, 0.1) is 21.5 Å². The average Bonchev–Trinajstić information content (AvgIpc) is 2.79. The van der Waals surface area contributed by atoms with Gasteiger partial charge in [-0.2, -0.15) is 0 Å². The van der Waals surface area contributed by atoms with E-state index >= 15 is 0 Å². The lowest BCUT2D eigenvalue weighted by molar-refractivity contribution is 0.223. The standard InChI is InChI=1S/C13H11BrCl2O2S/c1-2-18-11-6-9(15)7(5-10(11)16)12(17)13-8(14)3-4-19-13/h3-6,12,17H,2H2,1H3. The number of hydrogen-bond acceptors (Lipinski definition) is 3. The van der Waals surface area contributed by atoms with E-state index in [2.05, 4.69) is 15.9 Å². The Morgan fingerprint density at radius 2 is 2.11 bits per heavy atom. The van der Waals surface area contributed by atoms with Gasteiger partial charge in [0, 0.05) is 16.1 Å². The van der Waals surface area contributed by atoms with Crippen molar-refractivity contribution >= 4 is 50.5 Å². The molecular weight excluding hydrogens is 371 g/mol. The fourth-order valence-corrected chi connectivity index (χ4v) is 3.74. The van der Waals surface area contributed by atoms with Crippen LogP contribution in [0, 0.1) is 0 Å². The quantitative estimate of drug-likeness (QED) is 0.778. The first-order chi connectivity index (χ1) is 9.04. The summed E-state index contributed by atoms with van der Waals surface area (Å²) in [5, 5.41) is 13.1. The van der Waals surface area contributed by atoms with Crippen molar-refractivity contribution < 1.29 is 9.84 Å². The van der Waals surface area contributed by atoms with Crippen LogP contribution in [0.5, 0.6) is 5.75 Å². The molecule has 0 bridgehead atoms. The van der Waals surface area contributed by atoms with Crippen LogP contribution in [0.15, 0.2) is 28.1 Å². The van der Waals surface area contributed by atoms with Crippen LogP contribution in [0.2, 0.25) is 10.0 Å². The molecule has 0 saturated carbocycles. The largest absolute Gasteiger partial charge is 0.492 e. The number of ether oxygens (including phenoxy) is 1. The van der Waals surface area contributed by atoms with E-state index in [1.54, 1.807) is 12.1 Å². The molecule has 2 nitrogen and oxygen atoms in total. The van der Waals surface area contributed by atoms with Gasteiger partial charge in [-0.15, -0.1) is 11.3 Å². The van der Waals surface area contributed by atoms with Gasteiger partial charge in [0.25, 0.3) is 0 Å². The van der Waals surface area contributed by atoms with E-state index in [0.29, 0.717) is 28.0 Å². The highest BCUT2D eigenvalue weighted by atomic mass is 79.9. The zero-order valence-electron chi connectivity index (χ0n) is 9.99. The van der Waals surface area contributed by atoms with Crippen molar-refractivity contribution in [2.24, 2.45) is 0 Å². The molecule has 0 aliphatic heterocycles. The molecular formula is C13H11BrCl2O2S. The Hall–Kier alpha value is -0.260. The minimum Gasteiger partial charge on any atom is -0.492 e. The van der Waals surface area contributed by atoms with Crippen molar-refractivity contribution in [3.8, 4) is 5.75 Å². The van der Waals surface area contributed by atoms with Gasteiger partial charge < -0.3 is 9.84 Å². The first-order valence-electron chi connectivity index (χ1n) is 5.57. The van der Waals surface area contributed by atoms with Crippen molar-refractivity contribution in [3.63, 3.8) is 0 Å². The molecule has 0 saturated heterocycles. The lowest BCUT2D eigenvalue weighted by Gasteiger charge is -2.14. The summed E-state index contributed by atoms with van der Waals surface area (Å²) in [4.78, 5) is 0.794. The zero-order chi connectivity index (χ0) is 14.0. The van der Waals surface area contributed by atoms with Crippen LogP contribution in [0.3, 0.4) is 0 Å². The molecule has 0 aliphatic carbocycles. The number of aliphatic hydroxyl groups excluding tert-OH is 1. The topological polar surface area (TPSA) is 29.5 Å². The highest BCUT2D eigenvalue weighted by molar-refractivity contribution is 9.10. The first kappa shape index (κ1) is 15.1. The smallest absolute Gasteiger partial charge is 0.139 e. The SMILES string of the molecule is CCOc1cc(Cl)c(C(O)c2sccc2Br)cc1Cl. The summed E-state index contributed by atoms with van der Waals surface area (Å²) in [5.41, 5.74) is 0.568. The molecule has 1 N–H and O–H groups in total. The van der Waals surface area contributed by atoms with Gasteiger partial charge in [0.15, 0.2) is 0 Å². The molecule has 19 heavy (non-hydrogen) atoms. The second kappa shape index (κ2) is 6.46. The summed E-state index contributed by atoms with van der Waals surface area (Å²) in [6.07, 6.45) is -0.810. The van der Waals surface area contributed by atoms with Gasteiger partial charge >= 0.3 is 0 Å². The van der Waals surface area contributed by atoms with Gasteiger partial charge in [-0.25, -0.2) is 0 Å². The Kier molecular flexibility index (Phi) is 5.15. The second-order valence-electron chi connectivity index (χ2n) is 3.77. The number of halogens is 3. The van der Waals surface area contributed by atoms with Gasteiger partial charge in [0.2, 0.25) is 0 Å². The van der Waals surface area contributed by atoms with E-state index in [4.69, 9.17) is 27.9 Å². The molecule has 2 rings (SSSR count). The van der Waals surface area contributed by atoms with Crippen LogP contribution >= 0.6 is 50.5 Å². The minimum atomic E-state index is -0.810. The molecule has 102 valence electrons. The van der Waals surface area contributed by atoms with Crippen LogP contribution in [0.4, 0.5) is 0 Å². The Balaban J connectivity index is 2.40. The Morgan fingerprint density at radius 3 is 2.68 bits per heavy atom. The van der Waals surface area contributed by atoms with E-state index in [9.17, 15) is 5.11 Å². The molecule has 6 heteroatoms. The molecule has 1 atom stereocenters. The summed E-state index contributed by atoms with van der Waals surface area (Å²) in [7, 11) is 0. The molecule has 1 aromatic heterocycles. The molecule has 1 aromatic carbocycles. The highest BCUT2D eigenvalue weighted by Gasteiger charge is 2.20. The number of hydrogen-bond donors (Lipinski definition) is 1. The molecule has 0 amide bonds. The molecule has 0 radical (unpaired) electrons. The van der Waals surface area contributed by atoms with Gasteiger partial charge in [-0.05, 0) is 40.4 Å². The predicted octanol–water partition coefficient (Wildman–Crippen LogP) is 5.30. The fourth-order valence-electron chi connectivity index (χ4n) is 1.66. The molecule has 0 aliphatic rings. The molecule has 1 unspecified atom stereocenters. The second-order valence-corrected chi connectivity index (χ2v) is 6.39. The summed E-state index contributed by atoms with van der Waals surface area (Å²) in [6, 6.07) is 5.16. The molecule has 2 aromatic rings. The fraction of sp³-hybridized carbons (Fsp3) is 0.231. The van der Waals surface area contributed by atoms with E-state index < -0.39 is 6.10 Å². The maximum Gasteiger partial charge on any atom is 0.139 e. The Bertz CT molecular complexity index is 586. The van der Waals surface area contributed by atoms with Crippen LogP contribution in [0.1, 0.15) is 23.5 Å². The normalized spacial score (nSPS) is 12.5. The average molecular weight is 382 g/mol. The van der Waals surface area contributed by atoms with Gasteiger partial charge in [-0.3, -0.25) is 0 Å². The van der Waals surface area contributed by atoms with Gasteiger partial charge in [-0.1, -0.05) is 23.2 Å². The summed E-state index contributed by atoms with van der Waals surface area (Å²) >= 11 is 17.2. The van der Waals surface area contributed by atoms with Crippen molar-refractivity contribution in [2.75, 3.05) is 6.61 Å². The third kappa shape index (κ3) is 3.26. The summed E-state index contributed by atoms with van der Waals surface area (Å²) in [6.45, 7) is 2.38. The maximum absolute atomic E-state index is 10.4. The van der Waals surface area contributed by atoms with Gasteiger partial charge in [0.1, 0.15) is 11.9 Å². The summed E-state index contributed by atoms with van der Waals surface area (Å²) in [5.74, 6) is 0.523. The molecule has 0 fully saturated rings. The maximum atomic E-state index is 10.4. The molecule has 0 spiro atoms. The van der Waals surface area contributed by atoms with E-state index in [1.807, 2.05) is 18.4 Å². The summed E-state index contributed by atoms with van der Waals surface area (Å²) < 4.78 is 6.21.